The van der Waals surface area contributed by atoms with Crippen molar-refractivity contribution < 1.29 is 18.7 Å². The number of amides is 1. The maximum absolute atomic E-state index is 14.0. The minimum Gasteiger partial charge on any atom is -0.483 e. The summed E-state index contributed by atoms with van der Waals surface area (Å²) in [5.41, 5.74) is 1.65. The molecule has 0 radical (unpaired) electrons. The summed E-state index contributed by atoms with van der Waals surface area (Å²) < 4.78 is 19.5. The first-order valence-corrected chi connectivity index (χ1v) is 8.30. The summed E-state index contributed by atoms with van der Waals surface area (Å²) in [6, 6.07) is 12.1. The van der Waals surface area contributed by atoms with Crippen LogP contribution >= 0.6 is 0 Å². The van der Waals surface area contributed by atoms with Gasteiger partial charge in [0.05, 0.1) is 11.6 Å². The predicted molar refractivity (Wildman–Crippen MR) is 92.3 cm³/mol. The van der Waals surface area contributed by atoms with Crippen molar-refractivity contribution in [1.29, 1.82) is 0 Å². The summed E-state index contributed by atoms with van der Waals surface area (Å²) in [4.78, 5) is 24.2. The molecule has 0 fully saturated rings. The van der Waals surface area contributed by atoms with Crippen LogP contribution in [-0.4, -0.2) is 18.3 Å². The Morgan fingerprint density at radius 2 is 2.00 bits per heavy atom. The molecule has 4 nitrogen and oxygen atoms in total. The minimum absolute atomic E-state index is 0.143. The van der Waals surface area contributed by atoms with Gasteiger partial charge in [-0.1, -0.05) is 37.3 Å². The van der Waals surface area contributed by atoms with Gasteiger partial charge in [0, 0.05) is 12.0 Å². The number of Topliss-reactive ketones (excluding diaryl/α,β-unsaturated/α-hetero) is 1. The molecule has 1 amide bonds. The molecule has 5 heteroatoms. The molecule has 1 N–H and O–H groups in total. The van der Waals surface area contributed by atoms with Gasteiger partial charge in [-0.05, 0) is 30.5 Å². The molecule has 0 heterocycles. The largest absolute Gasteiger partial charge is 0.483 e. The summed E-state index contributed by atoms with van der Waals surface area (Å²) in [5.74, 6) is -0.739. The van der Waals surface area contributed by atoms with Crippen LogP contribution in [0.2, 0.25) is 0 Å². The minimum atomic E-state index is -0.400. The zero-order chi connectivity index (χ0) is 18.0. The number of carbonyl (C=O) groups is 2. The highest BCUT2D eigenvalue weighted by molar-refractivity contribution is 6.03. The quantitative estimate of drug-likeness (QED) is 0.901. The maximum Gasteiger partial charge on any atom is 0.258 e. The molecule has 25 heavy (non-hydrogen) atoms. The highest BCUT2D eigenvalue weighted by Gasteiger charge is 2.32. The van der Waals surface area contributed by atoms with E-state index in [1.807, 2.05) is 44.2 Å². The molecule has 0 bridgehead atoms. The summed E-state index contributed by atoms with van der Waals surface area (Å²) in [6.45, 7) is 3.47. The SMILES string of the molecule is C[C@H]1CC(=O)c2c(OCC(=O)N[C@H](C)c3ccccc3)ccc(F)c21. The van der Waals surface area contributed by atoms with E-state index in [0.717, 1.165) is 5.56 Å². The molecule has 2 atom stereocenters. The van der Waals surface area contributed by atoms with Gasteiger partial charge < -0.3 is 10.1 Å². The third kappa shape index (κ3) is 3.55. The number of ketones is 1. The second-order valence-electron chi connectivity index (χ2n) is 6.35. The Morgan fingerprint density at radius 3 is 2.72 bits per heavy atom. The lowest BCUT2D eigenvalue weighted by Gasteiger charge is -2.15. The van der Waals surface area contributed by atoms with Gasteiger partial charge in [-0.3, -0.25) is 9.59 Å². The summed E-state index contributed by atoms with van der Waals surface area (Å²) in [5, 5.41) is 2.84. The van der Waals surface area contributed by atoms with Crippen molar-refractivity contribution >= 4 is 11.7 Å². The van der Waals surface area contributed by atoms with Crippen LogP contribution in [0.3, 0.4) is 0 Å². The van der Waals surface area contributed by atoms with E-state index in [9.17, 15) is 14.0 Å². The van der Waals surface area contributed by atoms with Crippen LogP contribution in [0.25, 0.3) is 0 Å². The lowest BCUT2D eigenvalue weighted by atomic mass is 10.0. The second-order valence-corrected chi connectivity index (χ2v) is 6.35. The fourth-order valence-electron chi connectivity index (χ4n) is 3.20. The van der Waals surface area contributed by atoms with Crippen molar-refractivity contribution in [1.82, 2.24) is 5.32 Å². The molecule has 130 valence electrons. The number of hydrogen-bond donors (Lipinski definition) is 1. The third-order valence-electron chi connectivity index (χ3n) is 4.45. The highest BCUT2D eigenvalue weighted by Crippen LogP contribution is 2.39. The summed E-state index contributed by atoms with van der Waals surface area (Å²) in [6.07, 6.45) is 0.268. The molecule has 1 aliphatic rings. The van der Waals surface area contributed by atoms with Crippen molar-refractivity contribution in [3.05, 3.63) is 65.0 Å². The van der Waals surface area contributed by atoms with Gasteiger partial charge in [-0.25, -0.2) is 4.39 Å². The van der Waals surface area contributed by atoms with Gasteiger partial charge >= 0.3 is 0 Å². The number of rotatable bonds is 5. The molecule has 1 aliphatic carbocycles. The van der Waals surface area contributed by atoms with Gasteiger partial charge in [0.1, 0.15) is 11.6 Å². The second kappa shape index (κ2) is 7.05. The summed E-state index contributed by atoms with van der Waals surface area (Å²) in [7, 11) is 0. The van der Waals surface area contributed by atoms with Crippen molar-refractivity contribution in [3.8, 4) is 5.75 Å². The predicted octanol–water partition coefficient (Wildman–Crippen LogP) is 3.77. The van der Waals surface area contributed by atoms with Crippen molar-refractivity contribution in [2.45, 2.75) is 32.2 Å². The van der Waals surface area contributed by atoms with E-state index in [4.69, 9.17) is 4.74 Å². The molecule has 2 aromatic rings. The van der Waals surface area contributed by atoms with E-state index in [2.05, 4.69) is 5.32 Å². The lowest BCUT2D eigenvalue weighted by molar-refractivity contribution is -0.123. The number of nitrogens with one attached hydrogen (secondary N) is 1. The van der Waals surface area contributed by atoms with Crippen LogP contribution in [-0.2, 0) is 4.79 Å². The van der Waals surface area contributed by atoms with Crippen molar-refractivity contribution in [2.24, 2.45) is 0 Å². The van der Waals surface area contributed by atoms with Crippen LogP contribution in [0.15, 0.2) is 42.5 Å². The third-order valence-corrected chi connectivity index (χ3v) is 4.45. The first-order chi connectivity index (χ1) is 12.0. The van der Waals surface area contributed by atoms with Gasteiger partial charge in [0.2, 0.25) is 0 Å². The molecular weight excluding hydrogens is 321 g/mol. The molecule has 2 aromatic carbocycles. The molecule has 0 saturated heterocycles. The molecular formula is C20H20FNO3. The van der Waals surface area contributed by atoms with Crippen LogP contribution in [0.4, 0.5) is 4.39 Å². The van der Waals surface area contributed by atoms with E-state index < -0.39 is 5.82 Å². The van der Waals surface area contributed by atoms with Crippen LogP contribution in [0.1, 0.15) is 53.7 Å². The summed E-state index contributed by atoms with van der Waals surface area (Å²) >= 11 is 0. The smallest absolute Gasteiger partial charge is 0.258 e. The van der Waals surface area contributed by atoms with E-state index in [1.54, 1.807) is 0 Å². The Labute approximate surface area is 146 Å². The zero-order valence-corrected chi connectivity index (χ0v) is 14.2. The average Bonchev–Trinajstić information content (AvgIpc) is 2.90. The zero-order valence-electron chi connectivity index (χ0n) is 14.2. The first kappa shape index (κ1) is 17.1. The number of ether oxygens (including phenoxy) is 1. The highest BCUT2D eigenvalue weighted by atomic mass is 19.1. The number of fused-ring (bicyclic) bond motifs is 1. The average molecular weight is 341 g/mol. The first-order valence-electron chi connectivity index (χ1n) is 8.30. The van der Waals surface area contributed by atoms with Crippen LogP contribution in [0.5, 0.6) is 5.75 Å². The van der Waals surface area contributed by atoms with Gasteiger partial charge in [0.15, 0.2) is 12.4 Å². The Balaban J connectivity index is 1.67. The topological polar surface area (TPSA) is 55.4 Å². The van der Waals surface area contributed by atoms with Gasteiger partial charge in [-0.15, -0.1) is 0 Å². The lowest BCUT2D eigenvalue weighted by Crippen LogP contribution is -2.31. The maximum atomic E-state index is 14.0. The van der Waals surface area contributed by atoms with Crippen molar-refractivity contribution in [3.63, 3.8) is 0 Å². The number of benzene rings is 2. The Kier molecular flexibility index (Phi) is 4.83. The van der Waals surface area contributed by atoms with E-state index in [0.29, 0.717) is 5.56 Å². The molecule has 0 aromatic heterocycles. The van der Waals surface area contributed by atoms with Crippen molar-refractivity contribution in [2.75, 3.05) is 6.61 Å². The normalized spacial score (nSPS) is 17.1. The Hall–Kier alpha value is -2.69. The van der Waals surface area contributed by atoms with Gasteiger partial charge in [0.25, 0.3) is 5.91 Å². The van der Waals surface area contributed by atoms with E-state index in [-0.39, 0.29) is 48.0 Å². The Bertz CT molecular complexity index is 804. The fraction of sp³-hybridized carbons (Fsp3) is 0.300. The molecule has 0 saturated carbocycles. The monoisotopic (exact) mass is 341 g/mol. The number of carbonyl (C=O) groups excluding carboxylic acids is 2. The standard InChI is InChI=1S/C20H20FNO3/c1-12-10-16(23)20-17(9-8-15(21)19(12)20)25-11-18(24)22-13(2)14-6-4-3-5-7-14/h3-9,12-13H,10-11H2,1-2H3,(H,22,24)/t12-,13+/m0/s1. The van der Waals surface area contributed by atoms with Crippen LogP contribution < -0.4 is 10.1 Å². The molecule has 0 aliphatic heterocycles. The van der Waals surface area contributed by atoms with E-state index >= 15 is 0 Å². The van der Waals surface area contributed by atoms with Crippen LogP contribution in [0, 0.1) is 5.82 Å². The fourth-order valence-corrected chi connectivity index (χ4v) is 3.20. The number of halogens is 1. The Morgan fingerprint density at radius 1 is 1.28 bits per heavy atom. The molecule has 0 unspecified atom stereocenters. The molecule has 0 spiro atoms. The molecule has 3 rings (SSSR count). The van der Waals surface area contributed by atoms with E-state index in [1.165, 1.54) is 12.1 Å². The number of hydrogen-bond acceptors (Lipinski definition) is 3. The van der Waals surface area contributed by atoms with Gasteiger partial charge in [-0.2, -0.15) is 0 Å².